The Bertz CT molecular complexity index is 690. The summed E-state index contributed by atoms with van der Waals surface area (Å²) in [5.41, 5.74) is 0. The molecule has 0 fully saturated rings. The molecule has 0 unspecified atom stereocenters. The van der Waals surface area contributed by atoms with Gasteiger partial charge in [-0.3, -0.25) is 4.79 Å². The molecule has 0 saturated carbocycles. The van der Waals surface area contributed by atoms with Crippen LogP contribution in [0.4, 0.5) is 10.2 Å². The Balaban J connectivity index is 2.03. The average molecular weight is 340 g/mol. The van der Waals surface area contributed by atoms with Crippen LogP contribution in [-0.2, 0) is 4.79 Å². The minimum atomic E-state index is -0.767. The molecule has 1 aromatic carbocycles. The lowest BCUT2D eigenvalue weighted by Gasteiger charge is -2.17. The normalized spacial score (nSPS) is 13.4. The average Bonchev–Trinajstić information content (AvgIpc) is 2.98. The first-order chi connectivity index (χ1) is 10.9. The minimum absolute atomic E-state index is 0.0510. The number of nitrogens with one attached hydrogen (secondary N) is 1. The van der Waals surface area contributed by atoms with Gasteiger partial charge in [-0.25, -0.2) is 9.07 Å². The van der Waals surface area contributed by atoms with Crippen LogP contribution in [0.1, 0.15) is 33.2 Å². The summed E-state index contributed by atoms with van der Waals surface area (Å²) >= 11 is 5.70. The monoisotopic (exact) mass is 339 g/mol. The maximum Gasteiger partial charge on any atom is 0.266 e. The van der Waals surface area contributed by atoms with E-state index in [0.29, 0.717) is 11.6 Å². The number of anilines is 1. The van der Waals surface area contributed by atoms with Crippen molar-refractivity contribution in [2.24, 2.45) is 0 Å². The van der Waals surface area contributed by atoms with Gasteiger partial charge in [-0.15, -0.1) is 0 Å². The molecule has 124 valence electrons. The third-order valence-electron chi connectivity index (χ3n) is 3.50. The van der Waals surface area contributed by atoms with E-state index in [4.69, 9.17) is 16.3 Å². The van der Waals surface area contributed by atoms with Crippen LogP contribution in [0.15, 0.2) is 30.5 Å². The lowest BCUT2D eigenvalue weighted by Crippen LogP contribution is -2.31. The summed E-state index contributed by atoms with van der Waals surface area (Å²) < 4.78 is 20.4. The molecular weight excluding hydrogens is 321 g/mol. The second-order valence-electron chi connectivity index (χ2n) is 5.24. The SMILES string of the molecule is CC[C@H](C)n1nccc1NC(=O)[C@@H](C)Oc1ccc(F)c(Cl)c1. The van der Waals surface area contributed by atoms with Gasteiger partial charge in [-0.2, -0.15) is 5.10 Å². The van der Waals surface area contributed by atoms with Crippen LogP contribution in [-0.4, -0.2) is 21.8 Å². The fourth-order valence-corrected chi connectivity index (χ4v) is 2.14. The van der Waals surface area contributed by atoms with E-state index >= 15 is 0 Å². The number of benzene rings is 1. The van der Waals surface area contributed by atoms with Gasteiger partial charge in [0, 0.05) is 12.1 Å². The van der Waals surface area contributed by atoms with Gasteiger partial charge in [-0.05, 0) is 32.4 Å². The highest BCUT2D eigenvalue weighted by Crippen LogP contribution is 2.22. The first kappa shape index (κ1) is 17.3. The molecule has 2 aromatic rings. The molecule has 7 heteroatoms. The molecule has 0 spiro atoms. The van der Waals surface area contributed by atoms with Crippen LogP contribution in [0, 0.1) is 5.82 Å². The zero-order valence-corrected chi connectivity index (χ0v) is 14.0. The molecule has 1 heterocycles. The Morgan fingerprint density at radius 1 is 1.43 bits per heavy atom. The Hall–Kier alpha value is -2.08. The lowest BCUT2D eigenvalue weighted by atomic mass is 10.3. The van der Waals surface area contributed by atoms with Gasteiger partial charge in [0.15, 0.2) is 6.10 Å². The van der Waals surface area contributed by atoms with Gasteiger partial charge in [-0.1, -0.05) is 18.5 Å². The summed E-state index contributed by atoms with van der Waals surface area (Å²) in [6.07, 6.45) is 1.76. The molecule has 0 radical (unpaired) electrons. The minimum Gasteiger partial charge on any atom is -0.481 e. The maximum atomic E-state index is 13.1. The smallest absolute Gasteiger partial charge is 0.266 e. The number of nitrogens with zero attached hydrogens (tertiary/aromatic N) is 2. The fourth-order valence-electron chi connectivity index (χ4n) is 1.97. The van der Waals surface area contributed by atoms with Crippen molar-refractivity contribution in [2.45, 2.75) is 39.3 Å². The van der Waals surface area contributed by atoms with Crippen molar-refractivity contribution in [3.63, 3.8) is 0 Å². The Morgan fingerprint density at radius 2 is 2.17 bits per heavy atom. The Labute approximate surface area is 139 Å². The van der Waals surface area contributed by atoms with Crippen LogP contribution >= 0.6 is 11.6 Å². The standard InChI is InChI=1S/C16H19ClFN3O2/c1-4-10(2)21-15(7-8-19-21)20-16(22)11(3)23-12-5-6-14(18)13(17)9-12/h5-11H,4H2,1-3H3,(H,20,22)/t10-,11+/m0/s1. The number of hydrogen-bond acceptors (Lipinski definition) is 3. The Kier molecular flexibility index (Phi) is 5.60. The molecule has 1 aromatic heterocycles. The van der Waals surface area contributed by atoms with Gasteiger partial charge in [0.1, 0.15) is 17.4 Å². The van der Waals surface area contributed by atoms with E-state index in [-0.39, 0.29) is 17.0 Å². The highest BCUT2D eigenvalue weighted by Gasteiger charge is 2.18. The third-order valence-corrected chi connectivity index (χ3v) is 3.79. The Morgan fingerprint density at radius 3 is 2.83 bits per heavy atom. The van der Waals surface area contributed by atoms with Crippen molar-refractivity contribution in [1.29, 1.82) is 0 Å². The predicted molar refractivity (Wildman–Crippen MR) is 87.4 cm³/mol. The van der Waals surface area contributed by atoms with Crippen molar-refractivity contribution >= 4 is 23.3 Å². The second-order valence-corrected chi connectivity index (χ2v) is 5.65. The number of carbonyl (C=O) groups excluding carboxylic acids is 1. The number of halogens is 2. The largest absolute Gasteiger partial charge is 0.481 e. The molecule has 1 amide bonds. The number of aromatic nitrogens is 2. The predicted octanol–water partition coefficient (Wildman–Crippen LogP) is 4.05. The van der Waals surface area contributed by atoms with Crippen LogP contribution in [0.3, 0.4) is 0 Å². The molecule has 2 rings (SSSR count). The van der Waals surface area contributed by atoms with Gasteiger partial charge >= 0.3 is 0 Å². The quantitative estimate of drug-likeness (QED) is 0.863. The molecule has 23 heavy (non-hydrogen) atoms. The molecule has 1 N–H and O–H groups in total. The maximum absolute atomic E-state index is 13.1. The van der Waals surface area contributed by atoms with E-state index < -0.39 is 11.9 Å². The van der Waals surface area contributed by atoms with Crippen molar-refractivity contribution in [2.75, 3.05) is 5.32 Å². The van der Waals surface area contributed by atoms with E-state index in [9.17, 15) is 9.18 Å². The number of carbonyl (C=O) groups is 1. The number of rotatable bonds is 6. The molecule has 0 aliphatic carbocycles. The number of hydrogen-bond donors (Lipinski definition) is 1. The van der Waals surface area contributed by atoms with Gasteiger partial charge in [0.2, 0.25) is 0 Å². The lowest BCUT2D eigenvalue weighted by molar-refractivity contribution is -0.122. The van der Waals surface area contributed by atoms with E-state index in [1.807, 2.05) is 13.8 Å². The molecule has 0 aliphatic heterocycles. The highest BCUT2D eigenvalue weighted by molar-refractivity contribution is 6.30. The summed E-state index contributed by atoms with van der Waals surface area (Å²) in [7, 11) is 0. The topological polar surface area (TPSA) is 56.2 Å². The zero-order chi connectivity index (χ0) is 17.0. The van der Waals surface area contributed by atoms with Gasteiger partial charge in [0.05, 0.1) is 17.3 Å². The van der Waals surface area contributed by atoms with Gasteiger partial charge in [0.25, 0.3) is 5.91 Å². The van der Waals surface area contributed by atoms with E-state index in [1.165, 1.54) is 18.2 Å². The third kappa shape index (κ3) is 4.22. The van der Waals surface area contributed by atoms with Crippen LogP contribution in [0.25, 0.3) is 0 Å². The van der Waals surface area contributed by atoms with E-state index in [0.717, 1.165) is 6.42 Å². The van der Waals surface area contributed by atoms with Gasteiger partial charge < -0.3 is 10.1 Å². The summed E-state index contributed by atoms with van der Waals surface area (Å²) in [5, 5.41) is 6.94. The summed E-state index contributed by atoms with van der Waals surface area (Å²) in [5.74, 6) is 0.0792. The molecular formula is C16H19ClFN3O2. The van der Waals surface area contributed by atoms with Crippen molar-refractivity contribution in [3.8, 4) is 5.75 Å². The van der Waals surface area contributed by atoms with Crippen LogP contribution < -0.4 is 10.1 Å². The van der Waals surface area contributed by atoms with E-state index in [2.05, 4.69) is 10.4 Å². The molecule has 5 nitrogen and oxygen atoms in total. The summed E-state index contributed by atoms with van der Waals surface area (Å²) in [4.78, 5) is 12.2. The van der Waals surface area contributed by atoms with Crippen molar-refractivity contribution in [1.82, 2.24) is 9.78 Å². The first-order valence-electron chi connectivity index (χ1n) is 7.38. The highest BCUT2D eigenvalue weighted by atomic mass is 35.5. The zero-order valence-electron chi connectivity index (χ0n) is 13.2. The number of ether oxygens (including phenoxy) is 1. The molecule has 0 aliphatic rings. The van der Waals surface area contributed by atoms with Crippen LogP contribution in [0.2, 0.25) is 5.02 Å². The second kappa shape index (κ2) is 7.46. The fraction of sp³-hybridized carbons (Fsp3) is 0.375. The van der Waals surface area contributed by atoms with Crippen molar-refractivity contribution < 1.29 is 13.9 Å². The summed E-state index contributed by atoms with van der Waals surface area (Å²) in [6, 6.07) is 5.86. The van der Waals surface area contributed by atoms with Crippen molar-refractivity contribution in [3.05, 3.63) is 41.3 Å². The molecule has 2 atom stereocenters. The van der Waals surface area contributed by atoms with E-state index in [1.54, 1.807) is 23.9 Å². The summed E-state index contributed by atoms with van der Waals surface area (Å²) in [6.45, 7) is 5.67. The molecule has 0 bridgehead atoms. The first-order valence-corrected chi connectivity index (χ1v) is 7.76. The molecule has 0 saturated heterocycles. The number of amides is 1. The van der Waals surface area contributed by atoms with Crippen LogP contribution in [0.5, 0.6) is 5.75 Å².